The maximum absolute atomic E-state index is 12.5. The highest BCUT2D eigenvalue weighted by Gasteiger charge is 2.33. The van der Waals surface area contributed by atoms with Crippen LogP contribution in [0.3, 0.4) is 0 Å². The zero-order valence-electron chi connectivity index (χ0n) is 11.5. The first-order chi connectivity index (χ1) is 11.1. The predicted molar refractivity (Wildman–Crippen MR) is 88.6 cm³/mol. The normalized spacial score (nSPS) is 18.7. The smallest absolute Gasteiger partial charge is 0.284 e. The van der Waals surface area contributed by atoms with Crippen molar-refractivity contribution in [3.05, 3.63) is 51.9 Å². The van der Waals surface area contributed by atoms with Crippen LogP contribution in [0, 0.1) is 5.41 Å². The highest BCUT2D eigenvalue weighted by Crippen LogP contribution is 2.24. The Morgan fingerprint density at radius 1 is 1.26 bits per heavy atom. The van der Waals surface area contributed by atoms with Gasteiger partial charge in [0.15, 0.2) is 16.4 Å². The number of nitrogens with zero attached hydrogens (tertiary/aromatic N) is 3. The highest BCUT2D eigenvalue weighted by molar-refractivity contribution is 8.25. The summed E-state index contributed by atoms with van der Waals surface area (Å²) in [7, 11) is 0. The molecule has 7 nitrogen and oxygen atoms in total. The van der Waals surface area contributed by atoms with Crippen LogP contribution in [0.5, 0.6) is 0 Å². The van der Waals surface area contributed by atoms with E-state index in [9.17, 15) is 9.59 Å². The van der Waals surface area contributed by atoms with Crippen molar-refractivity contribution in [2.75, 3.05) is 0 Å². The van der Waals surface area contributed by atoms with Crippen LogP contribution in [0.1, 0.15) is 5.56 Å². The number of amidine groups is 2. The predicted octanol–water partition coefficient (Wildman–Crippen LogP) is 2.04. The van der Waals surface area contributed by atoms with Gasteiger partial charge in [0.25, 0.3) is 5.91 Å². The van der Waals surface area contributed by atoms with Gasteiger partial charge >= 0.3 is 0 Å². The van der Waals surface area contributed by atoms with Crippen LogP contribution < -0.4 is 5.43 Å². The molecule has 2 aliphatic rings. The Labute approximate surface area is 133 Å². The minimum absolute atomic E-state index is 0.00372. The number of aliphatic imine (C=N–C) groups is 1. The third-order valence-corrected chi connectivity index (χ3v) is 4.07. The quantitative estimate of drug-likeness (QED) is 0.811. The Kier molecular flexibility index (Phi) is 2.98. The summed E-state index contributed by atoms with van der Waals surface area (Å²) in [6.07, 6.45) is 2.60. The van der Waals surface area contributed by atoms with E-state index >= 15 is 0 Å². The number of carbonyl (C=O) groups is 1. The zero-order chi connectivity index (χ0) is 16.0. The van der Waals surface area contributed by atoms with Gasteiger partial charge in [-0.05, 0) is 30.0 Å². The van der Waals surface area contributed by atoms with Crippen molar-refractivity contribution in [1.29, 1.82) is 5.41 Å². The number of hydrazone groups is 1. The lowest BCUT2D eigenvalue weighted by atomic mass is 10.1. The fourth-order valence-corrected chi connectivity index (χ4v) is 2.89. The molecule has 2 aromatic rings. The molecule has 1 N–H and O–H groups in total. The molecular formula is C15H8N4O3S. The molecule has 0 saturated carbocycles. The van der Waals surface area contributed by atoms with E-state index in [-0.39, 0.29) is 22.4 Å². The topological polar surface area (TPSA) is 99.1 Å². The molecular weight excluding hydrogens is 316 g/mol. The molecule has 0 fully saturated rings. The van der Waals surface area contributed by atoms with Gasteiger partial charge in [0.1, 0.15) is 11.8 Å². The van der Waals surface area contributed by atoms with Crippen molar-refractivity contribution in [3.8, 4) is 0 Å². The zero-order valence-corrected chi connectivity index (χ0v) is 12.3. The van der Waals surface area contributed by atoms with E-state index in [1.54, 1.807) is 24.3 Å². The molecule has 0 aliphatic carbocycles. The number of para-hydroxylation sites is 1. The molecule has 1 aromatic heterocycles. The third-order valence-electron chi connectivity index (χ3n) is 3.39. The molecule has 4 rings (SSSR count). The second kappa shape index (κ2) is 5.03. The summed E-state index contributed by atoms with van der Waals surface area (Å²) in [5, 5.41) is 13.7. The Morgan fingerprint density at radius 2 is 2.09 bits per heavy atom. The van der Waals surface area contributed by atoms with Gasteiger partial charge in [0.05, 0.1) is 22.1 Å². The van der Waals surface area contributed by atoms with Crippen molar-refractivity contribution in [2.45, 2.75) is 0 Å². The molecule has 0 unspecified atom stereocenters. The molecule has 112 valence electrons. The van der Waals surface area contributed by atoms with Gasteiger partial charge in [-0.2, -0.15) is 10.1 Å². The van der Waals surface area contributed by atoms with E-state index in [1.807, 2.05) is 0 Å². The summed E-state index contributed by atoms with van der Waals surface area (Å²) in [5.41, 5.74) is 1.85. The highest BCUT2D eigenvalue weighted by atomic mass is 32.2. The molecule has 3 heterocycles. The number of hydrogen-bond donors (Lipinski definition) is 1. The molecule has 1 aromatic carbocycles. The maximum Gasteiger partial charge on any atom is 0.284 e. The first-order valence-corrected chi connectivity index (χ1v) is 7.46. The number of amides is 1. The molecule has 0 radical (unpaired) electrons. The maximum atomic E-state index is 12.5. The number of nitrogens with one attached hydrogen (secondary N) is 1. The Bertz CT molecular complexity index is 1020. The largest absolute Gasteiger partial charge is 0.463 e. The van der Waals surface area contributed by atoms with Gasteiger partial charge in [0, 0.05) is 0 Å². The molecule has 1 amide bonds. The Hall–Kier alpha value is -3.00. The second-order valence-corrected chi connectivity index (χ2v) is 5.58. The minimum Gasteiger partial charge on any atom is -0.463 e. The first-order valence-electron chi connectivity index (χ1n) is 6.58. The number of thioether (sulfide) groups is 1. The van der Waals surface area contributed by atoms with Gasteiger partial charge in [-0.15, -0.1) is 0 Å². The average molecular weight is 324 g/mol. The number of rotatable bonds is 1. The van der Waals surface area contributed by atoms with Crippen LogP contribution >= 0.6 is 11.8 Å². The number of benzene rings is 1. The minimum atomic E-state index is -0.492. The molecule has 0 saturated heterocycles. The van der Waals surface area contributed by atoms with Crippen LogP contribution in [-0.4, -0.2) is 27.5 Å². The van der Waals surface area contributed by atoms with Crippen LogP contribution in [0.4, 0.5) is 0 Å². The lowest BCUT2D eigenvalue weighted by Gasteiger charge is -2.18. The van der Waals surface area contributed by atoms with Crippen molar-refractivity contribution < 1.29 is 9.21 Å². The number of fused-ring (bicyclic) bond motifs is 2. The lowest BCUT2D eigenvalue weighted by molar-refractivity contribution is -0.122. The molecule has 8 heteroatoms. The summed E-state index contributed by atoms with van der Waals surface area (Å²) < 4.78 is 5.41. The molecule has 0 spiro atoms. The lowest BCUT2D eigenvalue weighted by Crippen LogP contribution is -2.36. The fraction of sp³-hybridized carbons (Fsp3) is 0. The summed E-state index contributed by atoms with van der Waals surface area (Å²) >= 11 is 1.16. The van der Waals surface area contributed by atoms with Gasteiger partial charge < -0.3 is 4.42 Å². The van der Waals surface area contributed by atoms with E-state index in [0.29, 0.717) is 16.1 Å². The second-order valence-electron chi connectivity index (χ2n) is 4.77. The monoisotopic (exact) mass is 324 g/mol. The van der Waals surface area contributed by atoms with Crippen LogP contribution in [-0.2, 0) is 4.79 Å². The SMILES string of the molecule is N=C1N=C2SC=NN2C(=O)/C1=C/c1coc2ccccc2c1=O. The molecule has 0 atom stereocenters. The van der Waals surface area contributed by atoms with E-state index in [4.69, 9.17) is 9.83 Å². The summed E-state index contributed by atoms with van der Waals surface area (Å²) in [6.45, 7) is 0. The Balaban J connectivity index is 1.86. The van der Waals surface area contributed by atoms with Gasteiger partial charge in [0.2, 0.25) is 0 Å². The average Bonchev–Trinajstić information content (AvgIpc) is 3.02. The number of carbonyl (C=O) groups excluding carboxylic acids is 1. The van der Waals surface area contributed by atoms with E-state index < -0.39 is 5.91 Å². The van der Waals surface area contributed by atoms with Crippen LogP contribution in [0.15, 0.2) is 55.4 Å². The van der Waals surface area contributed by atoms with E-state index in [1.165, 1.54) is 17.9 Å². The van der Waals surface area contributed by atoms with E-state index in [0.717, 1.165) is 16.8 Å². The summed E-state index contributed by atoms with van der Waals surface area (Å²) in [5.74, 6) is -0.694. The standard InChI is InChI=1S/C15H8N4O3S/c16-13-10(14(21)19-15(18-13)23-7-17-19)5-8-6-22-11-4-2-1-3-9(11)12(8)20/h1-7,16H/b10-5+,16-13?. The molecule has 2 aliphatic heterocycles. The molecule has 23 heavy (non-hydrogen) atoms. The first kappa shape index (κ1) is 13.6. The Morgan fingerprint density at radius 3 is 2.96 bits per heavy atom. The summed E-state index contributed by atoms with van der Waals surface area (Å²) in [6, 6.07) is 6.84. The van der Waals surface area contributed by atoms with Crippen LogP contribution in [0.25, 0.3) is 17.0 Å². The van der Waals surface area contributed by atoms with Gasteiger partial charge in [-0.1, -0.05) is 12.1 Å². The third kappa shape index (κ3) is 2.11. The summed E-state index contributed by atoms with van der Waals surface area (Å²) in [4.78, 5) is 28.9. The fourth-order valence-electron chi connectivity index (χ4n) is 2.28. The van der Waals surface area contributed by atoms with Gasteiger partial charge in [-0.25, -0.2) is 4.99 Å². The van der Waals surface area contributed by atoms with Crippen molar-refractivity contribution in [1.82, 2.24) is 5.01 Å². The van der Waals surface area contributed by atoms with E-state index in [2.05, 4.69) is 10.1 Å². The van der Waals surface area contributed by atoms with Crippen molar-refractivity contribution >= 4 is 51.3 Å². The van der Waals surface area contributed by atoms with Crippen molar-refractivity contribution in [3.63, 3.8) is 0 Å². The number of hydrogen-bond acceptors (Lipinski definition) is 6. The van der Waals surface area contributed by atoms with Crippen molar-refractivity contribution in [2.24, 2.45) is 10.1 Å². The van der Waals surface area contributed by atoms with Gasteiger partial charge in [-0.3, -0.25) is 15.0 Å². The van der Waals surface area contributed by atoms with Crippen LogP contribution in [0.2, 0.25) is 0 Å². The molecule has 0 bridgehead atoms.